The number of phenolic OH excluding ortho intramolecular Hbond substituents is 1. The summed E-state index contributed by atoms with van der Waals surface area (Å²) in [7, 11) is 4.71. The lowest BCUT2D eigenvalue weighted by Gasteiger charge is -2.39. The molecule has 36 heavy (non-hydrogen) atoms. The highest BCUT2D eigenvalue weighted by molar-refractivity contribution is 5.92. The standard InChI is InChI=1S/C19H18O6.C8H8O3/c1-21-12-5-4-11-6-14-13-8-17(22-2)18(23-3)9-16(13)24-10-19(14,20)25-15(11)7-12;1-6(9)11-8-4-2-7(10)3-5-8/h4-9,20H,10H2,1-3H3;2-5,10H,1H3. The van der Waals surface area contributed by atoms with E-state index in [4.69, 9.17) is 33.5 Å². The van der Waals surface area contributed by atoms with E-state index in [0.717, 1.165) is 5.56 Å². The summed E-state index contributed by atoms with van der Waals surface area (Å²) in [6.07, 6.45) is 1.89. The summed E-state index contributed by atoms with van der Waals surface area (Å²) in [5.74, 6) is 1.57. The monoisotopic (exact) mass is 494 g/mol. The van der Waals surface area contributed by atoms with Crippen molar-refractivity contribution in [3.8, 4) is 40.2 Å². The molecule has 0 spiro atoms. The van der Waals surface area contributed by atoms with Crippen molar-refractivity contribution >= 4 is 17.6 Å². The molecule has 0 saturated heterocycles. The summed E-state index contributed by atoms with van der Waals surface area (Å²) >= 11 is 0. The van der Waals surface area contributed by atoms with Gasteiger partial charge in [0.15, 0.2) is 18.1 Å². The quantitative estimate of drug-likeness (QED) is 0.410. The molecule has 3 aromatic carbocycles. The molecule has 0 saturated carbocycles. The highest BCUT2D eigenvalue weighted by atomic mass is 16.7. The molecule has 0 radical (unpaired) electrons. The third kappa shape index (κ3) is 5.01. The lowest BCUT2D eigenvalue weighted by atomic mass is 9.90. The number of esters is 1. The lowest BCUT2D eigenvalue weighted by Crippen LogP contribution is -2.47. The first-order valence-electron chi connectivity index (χ1n) is 10.9. The van der Waals surface area contributed by atoms with Gasteiger partial charge in [-0.05, 0) is 48.5 Å². The van der Waals surface area contributed by atoms with Gasteiger partial charge in [-0.15, -0.1) is 0 Å². The first kappa shape index (κ1) is 24.7. The van der Waals surface area contributed by atoms with Gasteiger partial charge < -0.3 is 38.6 Å². The van der Waals surface area contributed by atoms with Gasteiger partial charge in [-0.25, -0.2) is 0 Å². The van der Waals surface area contributed by atoms with Crippen LogP contribution in [0, 0.1) is 0 Å². The van der Waals surface area contributed by atoms with E-state index in [1.165, 1.54) is 31.2 Å². The largest absolute Gasteiger partial charge is 0.508 e. The Bertz CT molecular complexity index is 1300. The first-order chi connectivity index (χ1) is 17.3. The van der Waals surface area contributed by atoms with Crippen molar-refractivity contribution in [2.45, 2.75) is 12.7 Å². The molecule has 2 heterocycles. The molecule has 0 aliphatic carbocycles. The van der Waals surface area contributed by atoms with Gasteiger partial charge in [-0.2, -0.15) is 0 Å². The van der Waals surface area contributed by atoms with Gasteiger partial charge in [0.25, 0.3) is 5.79 Å². The van der Waals surface area contributed by atoms with Gasteiger partial charge in [0, 0.05) is 35.8 Å². The SMILES string of the molecule is CC(=O)Oc1ccc(O)cc1.COc1ccc2c(c1)OC1(O)COc3cc(OC)c(OC)cc3C1=C2. The molecular weight excluding hydrogens is 468 g/mol. The number of hydrogen-bond donors (Lipinski definition) is 2. The van der Waals surface area contributed by atoms with E-state index < -0.39 is 5.79 Å². The Hall–Kier alpha value is -4.37. The minimum Gasteiger partial charge on any atom is -0.508 e. The Labute approximate surface area is 208 Å². The Morgan fingerprint density at radius 3 is 2.19 bits per heavy atom. The molecule has 188 valence electrons. The van der Waals surface area contributed by atoms with Crippen LogP contribution in [0.25, 0.3) is 11.6 Å². The summed E-state index contributed by atoms with van der Waals surface area (Å²) in [6.45, 7) is 1.30. The molecular formula is C27H26O9. The lowest BCUT2D eigenvalue weighted by molar-refractivity contribution is -0.131. The molecule has 2 aliphatic heterocycles. The zero-order chi connectivity index (χ0) is 25.9. The maximum atomic E-state index is 11.0. The number of aliphatic hydroxyl groups is 1. The normalized spacial score (nSPS) is 16.8. The van der Waals surface area contributed by atoms with Gasteiger partial charge in [0.05, 0.1) is 21.3 Å². The summed E-state index contributed by atoms with van der Waals surface area (Å²) in [5, 5.41) is 19.9. The van der Waals surface area contributed by atoms with Crippen molar-refractivity contribution in [2.75, 3.05) is 27.9 Å². The number of hydrogen-bond acceptors (Lipinski definition) is 9. The number of carbonyl (C=O) groups is 1. The molecule has 1 unspecified atom stereocenters. The number of phenols is 1. The third-order valence-electron chi connectivity index (χ3n) is 5.52. The fourth-order valence-electron chi connectivity index (χ4n) is 3.80. The van der Waals surface area contributed by atoms with Crippen LogP contribution in [0.3, 0.4) is 0 Å². The smallest absolute Gasteiger partial charge is 0.308 e. The van der Waals surface area contributed by atoms with Gasteiger partial charge in [0.2, 0.25) is 0 Å². The maximum absolute atomic E-state index is 11.0. The number of carbonyl (C=O) groups excluding carboxylic acids is 1. The van der Waals surface area contributed by atoms with E-state index in [2.05, 4.69) is 0 Å². The van der Waals surface area contributed by atoms with E-state index in [-0.39, 0.29) is 18.3 Å². The van der Waals surface area contributed by atoms with E-state index in [0.29, 0.717) is 45.6 Å². The summed E-state index contributed by atoms with van der Waals surface area (Å²) in [4.78, 5) is 10.4. The van der Waals surface area contributed by atoms with Crippen molar-refractivity contribution in [3.63, 3.8) is 0 Å². The minimum absolute atomic E-state index is 0.0298. The van der Waals surface area contributed by atoms with Crippen LogP contribution in [-0.4, -0.2) is 49.9 Å². The summed E-state index contributed by atoms with van der Waals surface area (Å²) < 4.78 is 32.2. The van der Waals surface area contributed by atoms with E-state index in [9.17, 15) is 9.90 Å². The number of ether oxygens (including phenoxy) is 6. The Kier molecular flexibility index (Phi) is 6.93. The zero-order valence-corrected chi connectivity index (χ0v) is 20.2. The van der Waals surface area contributed by atoms with Crippen LogP contribution < -0.4 is 28.4 Å². The van der Waals surface area contributed by atoms with Crippen molar-refractivity contribution in [1.82, 2.24) is 0 Å². The second-order valence-corrected chi connectivity index (χ2v) is 7.93. The number of fused-ring (bicyclic) bond motifs is 4. The van der Waals surface area contributed by atoms with Gasteiger partial charge >= 0.3 is 5.97 Å². The van der Waals surface area contributed by atoms with Crippen LogP contribution in [0.1, 0.15) is 18.1 Å². The van der Waals surface area contributed by atoms with Gasteiger partial charge in [-0.3, -0.25) is 4.79 Å². The number of aromatic hydroxyl groups is 1. The first-order valence-corrected chi connectivity index (χ1v) is 10.9. The Balaban J connectivity index is 0.000000233. The van der Waals surface area contributed by atoms with E-state index in [1.54, 1.807) is 39.5 Å². The average Bonchev–Trinajstić information content (AvgIpc) is 2.87. The number of methoxy groups -OCH3 is 3. The molecule has 1 atom stereocenters. The highest BCUT2D eigenvalue weighted by Gasteiger charge is 2.44. The Morgan fingerprint density at radius 2 is 1.56 bits per heavy atom. The van der Waals surface area contributed by atoms with Crippen molar-refractivity contribution < 1.29 is 43.4 Å². The molecule has 5 rings (SSSR count). The van der Waals surface area contributed by atoms with Crippen LogP contribution in [0.4, 0.5) is 0 Å². The molecule has 0 amide bonds. The second-order valence-electron chi connectivity index (χ2n) is 7.93. The summed E-state index contributed by atoms with van der Waals surface area (Å²) in [6, 6.07) is 15.0. The zero-order valence-electron chi connectivity index (χ0n) is 20.2. The summed E-state index contributed by atoms with van der Waals surface area (Å²) in [5.41, 5.74) is 2.17. The average molecular weight is 494 g/mol. The van der Waals surface area contributed by atoms with Gasteiger partial charge in [-0.1, -0.05) is 0 Å². The third-order valence-corrected chi connectivity index (χ3v) is 5.52. The minimum atomic E-state index is -1.58. The predicted octanol–water partition coefficient (Wildman–Crippen LogP) is 4.04. The highest BCUT2D eigenvalue weighted by Crippen LogP contribution is 2.49. The van der Waals surface area contributed by atoms with Gasteiger partial charge in [0.1, 0.15) is 28.7 Å². The number of rotatable bonds is 4. The topological polar surface area (TPSA) is 113 Å². The molecule has 0 bridgehead atoms. The molecule has 0 aromatic heterocycles. The van der Waals surface area contributed by atoms with Crippen molar-refractivity contribution in [2.24, 2.45) is 0 Å². The number of benzene rings is 3. The molecule has 9 heteroatoms. The van der Waals surface area contributed by atoms with Crippen molar-refractivity contribution in [3.05, 3.63) is 65.7 Å². The molecule has 2 aliphatic rings. The molecule has 9 nitrogen and oxygen atoms in total. The van der Waals surface area contributed by atoms with E-state index in [1.807, 2.05) is 18.2 Å². The molecule has 0 fully saturated rings. The predicted molar refractivity (Wildman–Crippen MR) is 131 cm³/mol. The van der Waals surface area contributed by atoms with Crippen LogP contribution in [-0.2, 0) is 4.79 Å². The second kappa shape index (κ2) is 10.1. The fourth-order valence-corrected chi connectivity index (χ4v) is 3.80. The van der Waals surface area contributed by atoms with Crippen LogP contribution in [0.5, 0.6) is 40.2 Å². The maximum Gasteiger partial charge on any atom is 0.308 e. The Morgan fingerprint density at radius 1 is 0.889 bits per heavy atom. The molecule has 2 N–H and O–H groups in total. The van der Waals surface area contributed by atoms with Crippen molar-refractivity contribution in [1.29, 1.82) is 0 Å². The fraction of sp³-hybridized carbons (Fsp3) is 0.222. The van der Waals surface area contributed by atoms with E-state index >= 15 is 0 Å². The molecule has 3 aromatic rings. The van der Waals surface area contributed by atoms with Crippen LogP contribution in [0.2, 0.25) is 0 Å². The van der Waals surface area contributed by atoms with Crippen LogP contribution in [0.15, 0.2) is 54.6 Å². The van der Waals surface area contributed by atoms with Crippen LogP contribution >= 0.6 is 0 Å².